The number of nitrogens with zero attached hydrogens (tertiary/aromatic N) is 3. The Morgan fingerprint density at radius 3 is 2.65 bits per heavy atom. The van der Waals surface area contributed by atoms with Crippen LogP contribution in [-0.2, 0) is 4.74 Å². The Balaban J connectivity index is 2.33. The number of benzene rings is 1. The molecule has 0 saturated heterocycles. The van der Waals surface area contributed by atoms with Crippen LogP contribution in [0.25, 0.3) is 17.0 Å². The minimum Gasteiger partial charge on any atom is -0.464 e. The predicted octanol–water partition coefficient (Wildman–Crippen LogP) is 2.49. The van der Waals surface area contributed by atoms with E-state index in [-0.39, 0.29) is 0 Å². The quantitative estimate of drug-likeness (QED) is 0.669. The molecule has 3 rings (SSSR count). The third-order valence-electron chi connectivity index (χ3n) is 3.21. The molecule has 20 heavy (non-hydrogen) atoms. The first-order chi connectivity index (χ1) is 9.72. The first-order valence-corrected chi connectivity index (χ1v) is 6.21. The lowest BCUT2D eigenvalue weighted by Crippen LogP contribution is -2.09. The molecule has 0 saturated carbocycles. The Kier molecular flexibility index (Phi) is 2.95. The fraction of sp³-hybridized carbons (Fsp3) is 0.133. The van der Waals surface area contributed by atoms with Crippen LogP contribution in [-0.4, -0.2) is 27.7 Å². The van der Waals surface area contributed by atoms with Crippen molar-refractivity contribution in [2.45, 2.75) is 6.92 Å². The zero-order valence-electron chi connectivity index (χ0n) is 11.2. The van der Waals surface area contributed by atoms with Gasteiger partial charge in [-0.2, -0.15) is 0 Å². The number of ether oxygens (including phenoxy) is 1. The van der Waals surface area contributed by atoms with E-state index in [2.05, 4.69) is 10.2 Å². The van der Waals surface area contributed by atoms with Crippen LogP contribution in [0.2, 0.25) is 0 Å². The van der Waals surface area contributed by atoms with E-state index in [1.165, 1.54) is 7.11 Å². The second-order valence-corrected chi connectivity index (χ2v) is 4.43. The molecule has 0 amide bonds. The minimum absolute atomic E-state index is 0.410. The molecule has 2 aromatic heterocycles. The highest BCUT2D eigenvalue weighted by molar-refractivity contribution is 5.89. The summed E-state index contributed by atoms with van der Waals surface area (Å²) in [6.45, 7) is 2.00. The lowest BCUT2D eigenvalue weighted by molar-refractivity contribution is 0.0592. The van der Waals surface area contributed by atoms with Crippen molar-refractivity contribution in [2.24, 2.45) is 0 Å². The Hall–Kier alpha value is -2.69. The molecule has 100 valence electrons. The molecule has 3 aromatic rings. The number of pyridine rings is 1. The van der Waals surface area contributed by atoms with Crippen LogP contribution in [0.15, 0.2) is 42.5 Å². The molecular formula is C15H13N3O2. The number of fused-ring (bicyclic) bond motifs is 1. The summed E-state index contributed by atoms with van der Waals surface area (Å²) in [6.07, 6.45) is 0. The van der Waals surface area contributed by atoms with Gasteiger partial charge in [0.2, 0.25) is 0 Å². The molecule has 0 atom stereocenters. The van der Waals surface area contributed by atoms with Crippen LogP contribution in [0.3, 0.4) is 0 Å². The zero-order chi connectivity index (χ0) is 14.1. The minimum atomic E-state index is -0.412. The highest BCUT2D eigenvalue weighted by Gasteiger charge is 2.17. The summed E-state index contributed by atoms with van der Waals surface area (Å²) in [7, 11) is 1.36. The number of hydrogen-bond acceptors (Lipinski definition) is 4. The number of carbonyl (C=O) groups excluding carboxylic acids is 1. The summed E-state index contributed by atoms with van der Waals surface area (Å²) in [6, 6.07) is 13.1. The molecule has 0 aliphatic heterocycles. The smallest absolute Gasteiger partial charge is 0.355 e. The van der Waals surface area contributed by atoms with E-state index in [0.29, 0.717) is 17.2 Å². The molecule has 0 fully saturated rings. The Bertz CT molecular complexity index is 793. The number of hydrogen-bond donors (Lipinski definition) is 0. The Morgan fingerprint density at radius 2 is 1.90 bits per heavy atom. The second kappa shape index (κ2) is 4.77. The van der Waals surface area contributed by atoms with E-state index in [1.807, 2.05) is 31.2 Å². The summed E-state index contributed by atoms with van der Waals surface area (Å²) < 4.78 is 6.54. The molecule has 0 aliphatic carbocycles. The fourth-order valence-electron chi connectivity index (χ4n) is 2.20. The highest BCUT2D eigenvalue weighted by atomic mass is 16.5. The van der Waals surface area contributed by atoms with Crippen LogP contribution in [0.4, 0.5) is 0 Å². The molecule has 5 heteroatoms. The van der Waals surface area contributed by atoms with Gasteiger partial charge >= 0.3 is 5.97 Å². The van der Waals surface area contributed by atoms with Crippen LogP contribution >= 0.6 is 0 Å². The van der Waals surface area contributed by atoms with E-state index >= 15 is 0 Å². The van der Waals surface area contributed by atoms with E-state index in [1.54, 1.807) is 22.6 Å². The molecule has 1 aromatic carbocycles. The lowest BCUT2D eigenvalue weighted by Gasteiger charge is -2.07. The average molecular weight is 267 g/mol. The largest absolute Gasteiger partial charge is 0.464 e. The van der Waals surface area contributed by atoms with Crippen LogP contribution in [0, 0.1) is 6.92 Å². The molecular weight excluding hydrogens is 254 g/mol. The number of carbonyl (C=O) groups is 1. The molecule has 0 spiro atoms. The van der Waals surface area contributed by atoms with Crippen molar-refractivity contribution in [1.82, 2.24) is 14.6 Å². The molecule has 0 unspecified atom stereocenters. The Labute approximate surface area is 115 Å². The molecule has 0 bridgehead atoms. The molecule has 0 radical (unpaired) electrons. The number of rotatable bonds is 2. The third-order valence-corrected chi connectivity index (χ3v) is 3.21. The van der Waals surface area contributed by atoms with Gasteiger partial charge < -0.3 is 4.74 Å². The fourth-order valence-corrected chi connectivity index (χ4v) is 2.20. The molecule has 5 nitrogen and oxygen atoms in total. The summed E-state index contributed by atoms with van der Waals surface area (Å²) in [5.41, 5.74) is 3.04. The van der Waals surface area contributed by atoms with E-state index < -0.39 is 5.97 Å². The second-order valence-electron chi connectivity index (χ2n) is 4.43. The third kappa shape index (κ3) is 1.84. The molecule has 0 N–H and O–H groups in total. The Morgan fingerprint density at radius 1 is 1.10 bits per heavy atom. The number of aromatic nitrogens is 3. The van der Waals surface area contributed by atoms with Gasteiger partial charge in [0.25, 0.3) is 0 Å². The topological polar surface area (TPSA) is 56.5 Å². The van der Waals surface area contributed by atoms with Gasteiger partial charge in [0, 0.05) is 5.56 Å². The maximum Gasteiger partial charge on any atom is 0.355 e. The summed E-state index contributed by atoms with van der Waals surface area (Å²) in [5.74, 6) is 0.226. The SMILES string of the molecule is COC(=O)c1cccc2nnc(-c3ccccc3C)n12. The van der Waals surface area contributed by atoms with E-state index in [4.69, 9.17) is 4.74 Å². The number of esters is 1. The zero-order valence-corrected chi connectivity index (χ0v) is 11.2. The summed E-state index contributed by atoms with van der Waals surface area (Å²) >= 11 is 0. The standard InChI is InChI=1S/C15H13N3O2/c1-10-6-3-4-7-11(10)14-17-16-13-9-5-8-12(18(13)14)15(19)20-2/h3-9H,1-2H3. The predicted molar refractivity (Wildman–Crippen MR) is 74.5 cm³/mol. The van der Waals surface area contributed by atoms with Crippen molar-refractivity contribution in [2.75, 3.05) is 7.11 Å². The van der Waals surface area contributed by atoms with Crippen molar-refractivity contribution in [1.29, 1.82) is 0 Å². The first-order valence-electron chi connectivity index (χ1n) is 6.21. The number of aryl methyl sites for hydroxylation is 1. The normalized spacial score (nSPS) is 10.7. The van der Waals surface area contributed by atoms with Gasteiger partial charge in [-0.3, -0.25) is 4.40 Å². The highest BCUT2D eigenvalue weighted by Crippen LogP contribution is 2.23. The van der Waals surface area contributed by atoms with Crippen LogP contribution < -0.4 is 0 Å². The van der Waals surface area contributed by atoms with Gasteiger partial charge in [0.1, 0.15) is 5.69 Å². The van der Waals surface area contributed by atoms with E-state index in [0.717, 1.165) is 11.1 Å². The number of methoxy groups -OCH3 is 1. The van der Waals surface area contributed by atoms with Crippen LogP contribution in [0.1, 0.15) is 16.1 Å². The van der Waals surface area contributed by atoms with Gasteiger partial charge in [-0.15, -0.1) is 10.2 Å². The van der Waals surface area contributed by atoms with Gasteiger partial charge in [-0.1, -0.05) is 30.3 Å². The average Bonchev–Trinajstić information content (AvgIpc) is 2.91. The van der Waals surface area contributed by atoms with Crippen molar-refractivity contribution in [3.63, 3.8) is 0 Å². The van der Waals surface area contributed by atoms with Gasteiger partial charge in [0.15, 0.2) is 11.5 Å². The molecule has 0 aliphatic rings. The summed E-state index contributed by atoms with van der Waals surface area (Å²) in [4.78, 5) is 11.9. The maximum absolute atomic E-state index is 11.9. The monoisotopic (exact) mass is 267 g/mol. The first kappa shape index (κ1) is 12.3. The van der Waals surface area contributed by atoms with Crippen molar-refractivity contribution >= 4 is 11.6 Å². The van der Waals surface area contributed by atoms with Gasteiger partial charge in [-0.05, 0) is 24.6 Å². The summed E-state index contributed by atoms with van der Waals surface area (Å²) in [5, 5.41) is 8.33. The van der Waals surface area contributed by atoms with Gasteiger partial charge in [0.05, 0.1) is 7.11 Å². The van der Waals surface area contributed by atoms with Crippen molar-refractivity contribution < 1.29 is 9.53 Å². The van der Waals surface area contributed by atoms with Crippen molar-refractivity contribution in [3.8, 4) is 11.4 Å². The maximum atomic E-state index is 11.9. The van der Waals surface area contributed by atoms with Crippen molar-refractivity contribution in [3.05, 3.63) is 53.7 Å². The lowest BCUT2D eigenvalue weighted by atomic mass is 10.1. The van der Waals surface area contributed by atoms with E-state index in [9.17, 15) is 4.79 Å². The molecule has 2 heterocycles. The van der Waals surface area contributed by atoms with Crippen LogP contribution in [0.5, 0.6) is 0 Å². The van der Waals surface area contributed by atoms with Gasteiger partial charge in [-0.25, -0.2) is 4.79 Å².